The molecule has 3 nitrogen and oxygen atoms in total. The van der Waals surface area contributed by atoms with Crippen molar-refractivity contribution in [3.05, 3.63) is 34.9 Å². The van der Waals surface area contributed by atoms with Crippen molar-refractivity contribution >= 4 is 17.4 Å². The lowest BCUT2D eigenvalue weighted by atomic mass is 10.0. The van der Waals surface area contributed by atoms with Gasteiger partial charge in [0, 0.05) is 17.1 Å². The molecule has 1 fully saturated rings. The molecule has 1 unspecified atom stereocenters. The Kier molecular flexibility index (Phi) is 3.36. The minimum atomic E-state index is -0.239. The fourth-order valence-corrected chi connectivity index (χ4v) is 1.77. The number of carbonyl (C=O) groups excluding carboxylic acids is 1. The van der Waals surface area contributed by atoms with Crippen molar-refractivity contribution in [2.75, 3.05) is 19.8 Å². The van der Waals surface area contributed by atoms with Gasteiger partial charge in [-0.3, -0.25) is 4.79 Å². The largest absolute Gasteiger partial charge is 0.378 e. The van der Waals surface area contributed by atoms with E-state index in [-0.39, 0.29) is 11.8 Å². The highest BCUT2D eigenvalue weighted by molar-refractivity contribution is 6.31. The Balaban J connectivity index is 2.12. The molecule has 0 radical (unpaired) electrons. The summed E-state index contributed by atoms with van der Waals surface area (Å²) in [5.41, 5.74) is 0.630. The second-order valence-corrected chi connectivity index (χ2v) is 3.89. The average molecular weight is 226 g/mol. The Hall–Kier alpha value is -0.900. The van der Waals surface area contributed by atoms with Gasteiger partial charge in [0.25, 0.3) is 0 Å². The molecule has 1 aliphatic heterocycles. The molecule has 0 aromatic heterocycles. The lowest BCUT2D eigenvalue weighted by Crippen LogP contribution is -2.46. The number of morpholine rings is 1. The standard InChI is InChI=1S/C11H12ClNO2/c12-9-3-1-2-8(6-9)11(14)10-7-15-5-4-13-10/h1-3,6,10,13H,4-5,7H2. The molecule has 0 bridgehead atoms. The van der Waals surface area contributed by atoms with Crippen LogP contribution in [-0.2, 0) is 4.74 Å². The van der Waals surface area contributed by atoms with Crippen LogP contribution < -0.4 is 5.32 Å². The molecule has 1 N–H and O–H groups in total. The van der Waals surface area contributed by atoms with Crippen LogP contribution >= 0.6 is 11.6 Å². The monoisotopic (exact) mass is 225 g/mol. The van der Waals surface area contributed by atoms with E-state index in [2.05, 4.69) is 5.32 Å². The summed E-state index contributed by atoms with van der Waals surface area (Å²) in [5, 5.41) is 3.70. The minimum absolute atomic E-state index is 0.0391. The van der Waals surface area contributed by atoms with Gasteiger partial charge in [-0.05, 0) is 12.1 Å². The van der Waals surface area contributed by atoms with Gasteiger partial charge in [0.05, 0.1) is 19.3 Å². The Bertz CT molecular complexity index is 361. The quantitative estimate of drug-likeness (QED) is 0.776. The summed E-state index contributed by atoms with van der Waals surface area (Å²) in [4.78, 5) is 12.0. The number of carbonyl (C=O) groups is 1. The Morgan fingerprint density at radius 2 is 2.40 bits per heavy atom. The summed E-state index contributed by atoms with van der Waals surface area (Å²) in [6, 6.07) is 6.74. The number of hydrogen-bond donors (Lipinski definition) is 1. The van der Waals surface area contributed by atoms with E-state index in [0.717, 1.165) is 6.54 Å². The number of halogens is 1. The van der Waals surface area contributed by atoms with E-state index in [4.69, 9.17) is 16.3 Å². The molecule has 0 spiro atoms. The predicted octanol–water partition coefficient (Wildman–Crippen LogP) is 1.51. The lowest BCUT2D eigenvalue weighted by molar-refractivity contribution is 0.0607. The van der Waals surface area contributed by atoms with E-state index in [1.165, 1.54) is 0 Å². The van der Waals surface area contributed by atoms with E-state index in [0.29, 0.717) is 23.8 Å². The molecule has 4 heteroatoms. The zero-order valence-corrected chi connectivity index (χ0v) is 8.96. The molecular weight excluding hydrogens is 214 g/mol. The van der Waals surface area contributed by atoms with Gasteiger partial charge in [0.2, 0.25) is 0 Å². The first kappa shape index (κ1) is 10.6. The molecule has 80 valence electrons. The number of benzene rings is 1. The van der Waals surface area contributed by atoms with Crippen molar-refractivity contribution in [2.24, 2.45) is 0 Å². The zero-order valence-electron chi connectivity index (χ0n) is 8.20. The molecule has 1 aliphatic rings. The molecule has 1 heterocycles. The van der Waals surface area contributed by atoms with Crippen LogP contribution in [0.5, 0.6) is 0 Å². The van der Waals surface area contributed by atoms with Gasteiger partial charge in [-0.25, -0.2) is 0 Å². The number of nitrogens with one attached hydrogen (secondary N) is 1. The fraction of sp³-hybridized carbons (Fsp3) is 0.364. The number of ketones is 1. The zero-order chi connectivity index (χ0) is 10.7. The van der Waals surface area contributed by atoms with Gasteiger partial charge in [-0.1, -0.05) is 23.7 Å². The van der Waals surface area contributed by atoms with Gasteiger partial charge in [0.1, 0.15) is 0 Å². The number of Topliss-reactive ketones (excluding diaryl/α,β-unsaturated/α-hetero) is 1. The topological polar surface area (TPSA) is 38.3 Å². The Labute approximate surface area is 93.4 Å². The summed E-state index contributed by atoms with van der Waals surface area (Å²) in [6.07, 6.45) is 0. The molecular formula is C11H12ClNO2. The Morgan fingerprint density at radius 1 is 1.53 bits per heavy atom. The van der Waals surface area contributed by atoms with Gasteiger partial charge in [0.15, 0.2) is 5.78 Å². The SMILES string of the molecule is O=C(c1cccc(Cl)c1)C1COCCN1. The highest BCUT2D eigenvalue weighted by atomic mass is 35.5. The van der Waals surface area contributed by atoms with Gasteiger partial charge < -0.3 is 10.1 Å². The Morgan fingerprint density at radius 3 is 3.07 bits per heavy atom. The maximum Gasteiger partial charge on any atom is 0.182 e. The number of hydrogen-bond acceptors (Lipinski definition) is 3. The van der Waals surface area contributed by atoms with E-state index in [9.17, 15) is 4.79 Å². The third-order valence-electron chi connectivity index (χ3n) is 2.35. The average Bonchev–Trinajstić information content (AvgIpc) is 2.29. The van der Waals surface area contributed by atoms with Crippen LogP contribution in [0.4, 0.5) is 0 Å². The van der Waals surface area contributed by atoms with Crippen LogP contribution in [0.2, 0.25) is 5.02 Å². The fourth-order valence-electron chi connectivity index (χ4n) is 1.58. The van der Waals surface area contributed by atoms with E-state index in [1.807, 2.05) is 0 Å². The van der Waals surface area contributed by atoms with Crippen molar-refractivity contribution in [3.8, 4) is 0 Å². The minimum Gasteiger partial charge on any atom is -0.378 e. The van der Waals surface area contributed by atoms with Gasteiger partial charge in [-0.2, -0.15) is 0 Å². The van der Waals surface area contributed by atoms with Crippen LogP contribution in [0.25, 0.3) is 0 Å². The van der Waals surface area contributed by atoms with Crippen LogP contribution in [-0.4, -0.2) is 31.6 Å². The van der Waals surface area contributed by atoms with E-state index < -0.39 is 0 Å². The van der Waals surface area contributed by atoms with Crippen LogP contribution in [0, 0.1) is 0 Å². The summed E-state index contributed by atoms with van der Waals surface area (Å²) >= 11 is 5.82. The third-order valence-corrected chi connectivity index (χ3v) is 2.58. The van der Waals surface area contributed by atoms with Crippen LogP contribution in [0.3, 0.4) is 0 Å². The maximum atomic E-state index is 12.0. The second-order valence-electron chi connectivity index (χ2n) is 3.46. The van der Waals surface area contributed by atoms with Crippen LogP contribution in [0.15, 0.2) is 24.3 Å². The molecule has 15 heavy (non-hydrogen) atoms. The van der Waals surface area contributed by atoms with Crippen molar-refractivity contribution in [1.82, 2.24) is 5.32 Å². The molecule has 2 rings (SSSR count). The highest BCUT2D eigenvalue weighted by Gasteiger charge is 2.22. The highest BCUT2D eigenvalue weighted by Crippen LogP contribution is 2.13. The lowest BCUT2D eigenvalue weighted by Gasteiger charge is -2.22. The first-order chi connectivity index (χ1) is 7.27. The molecule has 0 aliphatic carbocycles. The number of rotatable bonds is 2. The summed E-state index contributed by atoms with van der Waals surface area (Å²) in [7, 11) is 0. The van der Waals surface area contributed by atoms with Crippen molar-refractivity contribution in [2.45, 2.75) is 6.04 Å². The van der Waals surface area contributed by atoms with Crippen LogP contribution in [0.1, 0.15) is 10.4 Å². The van der Waals surface area contributed by atoms with Crippen molar-refractivity contribution in [3.63, 3.8) is 0 Å². The van der Waals surface area contributed by atoms with E-state index >= 15 is 0 Å². The molecule has 1 atom stereocenters. The predicted molar refractivity (Wildman–Crippen MR) is 58.4 cm³/mol. The van der Waals surface area contributed by atoms with Gasteiger partial charge >= 0.3 is 0 Å². The summed E-state index contributed by atoms with van der Waals surface area (Å²) < 4.78 is 5.24. The normalized spacial score (nSPS) is 21.3. The maximum absolute atomic E-state index is 12.0. The first-order valence-corrected chi connectivity index (χ1v) is 5.26. The molecule has 0 amide bonds. The van der Waals surface area contributed by atoms with Crippen molar-refractivity contribution < 1.29 is 9.53 Å². The molecule has 1 aromatic carbocycles. The molecule has 1 saturated heterocycles. The first-order valence-electron chi connectivity index (χ1n) is 4.88. The second kappa shape index (κ2) is 4.75. The van der Waals surface area contributed by atoms with E-state index in [1.54, 1.807) is 24.3 Å². The smallest absolute Gasteiger partial charge is 0.182 e. The summed E-state index contributed by atoms with van der Waals surface area (Å²) in [6.45, 7) is 1.82. The molecule has 0 saturated carbocycles. The van der Waals surface area contributed by atoms with Gasteiger partial charge in [-0.15, -0.1) is 0 Å². The number of ether oxygens (including phenoxy) is 1. The van der Waals surface area contributed by atoms with Crippen molar-refractivity contribution in [1.29, 1.82) is 0 Å². The summed E-state index contributed by atoms with van der Waals surface area (Å²) in [5.74, 6) is 0.0391. The molecule has 1 aromatic rings. The third kappa shape index (κ3) is 2.56.